The van der Waals surface area contributed by atoms with Crippen LogP contribution in [0.2, 0.25) is 0 Å². The molecule has 0 saturated heterocycles. The number of ether oxygens (including phenoxy) is 1. The van der Waals surface area contributed by atoms with Gasteiger partial charge in [-0.3, -0.25) is 4.79 Å². The lowest BCUT2D eigenvalue weighted by atomic mass is 10.0. The largest absolute Gasteiger partial charge is 0.468 e. The first-order valence-electron chi connectivity index (χ1n) is 5.97. The summed E-state index contributed by atoms with van der Waals surface area (Å²) in [6, 6.07) is 5.76. The lowest BCUT2D eigenvalue weighted by Gasteiger charge is -2.26. The highest BCUT2D eigenvalue weighted by atomic mass is 32.2. The molecule has 2 N–H and O–H groups in total. The van der Waals surface area contributed by atoms with E-state index in [1.807, 2.05) is 6.92 Å². The normalized spacial score (nSPS) is 14.4. The summed E-state index contributed by atoms with van der Waals surface area (Å²) < 4.78 is 23.9. The second-order valence-corrected chi connectivity index (χ2v) is 5.73. The molecule has 0 amide bonds. The number of esters is 1. The van der Waals surface area contributed by atoms with Crippen LogP contribution >= 0.6 is 0 Å². The molecule has 1 rings (SSSR count). The fourth-order valence-corrected chi connectivity index (χ4v) is 2.31. The van der Waals surface area contributed by atoms with Gasteiger partial charge in [0.05, 0.1) is 12.7 Å². The Balaban J connectivity index is 2.72. The second-order valence-electron chi connectivity index (χ2n) is 4.86. The third kappa shape index (κ3) is 4.92. The van der Waals surface area contributed by atoms with Gasteiger partial charge >= 0.3 is 5.97 Å². The minimum Gasteiger partial charge on any atom is -0.468 e. The second kappa shape index (κ2) is 6.83. The Morgan fingerprint density at radius 2 is 1.90 bits per heavy atom. The summed E-state index contributed by atoms with van der Waals surface area (Å²) in [4.78, 5) is 11.6. The van der Waals surface area contributed by atoms with Crippen molar-refractivity contribution in [3.63, 3.8) is 0 Å². The molecule has 0 saturated carbocycles. The van der Waals surface area contributed by atoms with Crippen molar-refractivity contribution in [3.8, 4) is 5.75 Å². The summed E-state index contributed by atoms with van der Waals surface area (Å²) in [5, 5.41) is 9.88. The molecule has 0 fully saturated rings. The van der Waals surface area contributed by atoms with Crippen molar-refractivity contribution in [1.82, 2.24) is 4.72 Å². The molecular formula is C13H19NO5S. The minimum atomic E-state index is -1.99. The Hall–Kier alpha value is -1.44. The maximum Gasteiger partial charge on any atom is 0.326 e. The van der Waals surface area contributed by atoms with Crippen molar-refractivity contribution < 1.29 is 23.0 Å². The van der Waals surface area contributed by atoms with Crippen LogP contribution in [-0.4, -0.2) is 34.0 Å². The van der Waals surface area contributed by atoms with Gasteiger partial charge in [0.1, 0.15) is 11.8 Å². The van der Waals surface area contributed by atoms with Crippen LogP contribution in [0.3, 0.4) is 0 Å². The zero-order chi connectivity index (χ0) is 15.3. The number of aliphatic hydroxyl groups is 1. The molecule has 0 heterocycles. The van der Waals surface area contributed by atoms with E-state index in [2.05, 4.69) is 9.46 Å². The first-order chi connectivity index (χ1) is 9.24. The van der Waals surface area contributed by atoms with E-state index in [0.717, 1.165) is 5.56 Å². The van der Waals surface area contributed by atoms with E-state index in [-0.39, 0.29) is 0 Å². The molecule has 112 valence electrons. The van der Waals surface area contributed by atoms with Gasteiger partial charge in [-0.2, -0.15) is 8.93 Å². The van der Waals surface area contributed by atoms with Crippen LogP contribution in [0.5, 0.6) is 5.75 Å². The van der Waals surface area contributed by atoms with Crippen LogP contribution in [-0.2, 0) is 20.8 Å². The molecule has 0 aliphatic heterocycles. The highest BCUT2D eigenvalue weighted by Crippen LogP contribution is 2.14. The fraction of sp³-hybridized carbons (Fsp3) is 0.462. The number of benzene rings is 1. The Morgan fingerprint density at radius 3 is 2.35 bits per heavy atom. The molecule has 6 nitrogen and oxygen atoms in total. The van der Waals surface area contributed by atoms with E-state index in [4.69, 9.17) is 4.18 Å². The molecule has 2 atom stereocenters. The van der Waals surface area contributed by atoms with Crippen LogP contribution in [0.15, 0.2) is 24.3 Å². The Labute approximate surface area is 120 Å². The summed E-state index contributed by atoms with van der Waals surface area (Å²) in [6.07, 6.45) is 0. The van der Waals surface area contributed by atoms with E-state index >= 15 is 0 Å². The van der Waals surface area contributed by atoms with E-state index in [1.165, 1.54) is 21.0 Å². The van der Waals surface area contributed by atoms with Gasteiger partial charge in [-0.1, -0.05) is 17.7 Å². The van der Waals surface area contributed by atoms with Crippen LogP contribution in [0.1, 0.15) is 19.4 Å². The van der Waals surface area contributed by atoms with Crippen LogP contribution in [0.4, 0.5) is 0 Å². The number of aryl methyl sites for hydroxylation is 1. The first kappa shape index (κ1) is 16.6. The lowest BCUT2D eigenvalue weighted by Crippen LogP contribution is -2.53. The van der Waals surface area contributed by atoms with E-state index in [9.17, 15) is 14.1 Å². The van der Waals surface area contributed by atoms with Gasteiger partial charge in [0.15, 0.2) is 0 Å². The fourth-order valence-electron chi connectivity index (χ4n) is 1.40. The molecule has 1 aromatic rings. The molecule has 0 radical (unpaired) electrons. The number of rotatable bonds is 6. The highest BCUT2D eigenvalue weighted by Gasteiger charge is 2.36. The number of carbonyl (C=O) groups excluding carboxylic acids is 1. The summed E-state index contributed by atoms with van der Waals surface area (Å²) >= 11 is -1.99. The first-order valence-corrected chi connectivity index (χ1v) is 7.04. The monoisotopic (exact) mass is 301 g/mol. The molecule has 0 aliphatic carbocycles. The summed E-state index contributed by atoms with van der Waals surface area (Å²) in [6.45, 7) is 4.73. The minimum absolute atomic E-state index is 0.390. The van der Waals surface area contributed by atoms with Crippen molar-refractivity contribution in [3.05, 3.63) is 29.8 Å². The van der Waals surface area contributed by atoms with E-state index < -0.39 is 28.9 Å². The lowest BCUT2D eigenvalue weighted by molar-refractivity contribution is -0.148. The number of methoxy groups -OCH3 is 1. The third-order valence-corrected chi connectivity index (χ3v) is 3.32. The molecule has 2 unspecified atom stereocenters. The van der Waals surface area contributed by atoms with Crippen molar-refractivity contribution in [2.24, 2.45) is 0 Å². The maximum atomic E-state index is 11.8. The summed E-state index contributed by atoms with van der Waals surface area (Å²) in [7, 11) is 1.19. The zero-order valence-corrected chi connectivity index (χ0v) is 12.7. The van der Waals surface area contributed by atoms with Gasteiger partial charge in [0, 0.05) is 0 Å². The highest BCUT2D eigenvalue weighted by molar-refractivity contribution is 7.78. The number of hydrogen-bond donors (Lipinski definition) is 2. The third-order valence-electron chi connectivity index (χ3n) is 2.55. The molecule has 0 bridgehead atoms. The van der Waals surface area contributed by atoms with E-state index in [0.29, 0.717) is 5.75 Å². The number of nitrogens with one attached hydrogen (secondary N) is 1. The summed E-state index contributed by atoms with van der Waals surface area (Å²) in [5.74, 6) is -0.334. The predicted molar refractivity (Wildman–Crippen MR) is 75.2 cm³/mol. The van der Waals surface area contributed by atoms with Gasteiger partial charge in [0.2, 0.25) is 0 Å². The van der Waals surface area contributed by atoms with Gasteiger partial charge < -0.3 is 14.0 Å². The standard InChI is InChI=1S/C13H19NO5S/c1-9-5-7-10(8-6-9)19-20(17)14-11(12(15)18-4)13(2,3)16/h5-8,11,14,16H,1-4H3. The molecule has 20 heavy (non-hydrogen) atoms. The van der Waals surface area contributed by atoms with Gasteiger partial charge in [-0.25, -0.2) is 0 Å². The number of hydrogen-bond acceptors (Lipinski definition) is 5. The molecule has 0 aliphatic rings. The van der Waals surface area contributed by atoms with Crippen molar-refractivity contribution in [2.75, 3.05) is 7.11 Å². The summed E-state index contributed by atoms with van der Waals surface area (Å²) in [5.41, 5.74) is -0.403. The van der Waals surface area contributed by atoms with E-state index in [1.54, 1.807) is 24.3 Å². The van der Waals surface area contributed by atoms with Crippen molar-refractivity contribution >= 4 is 17.2 Å². The molecular weight excluding hydrogens is 282 g/mol. The molecule has 1 aromatic carbocycles. The van der Waals surface area contributed by atoms with Gasteiger partial charge in [-0.05, 0) is 32.9 Å². The Bertz CT molecular complexity index is 481. The predicted octanol–water partition coefficient (Wildman–Crippen LogP) is 0.855. The maximum absolute atomic E-state index is 11.8. The number of carbonyl (C=O) groups is 1. The average molecular weight is 301 g/mol. The SMILES string of the molecule is COC(=O)C(NS(=O)Oc1ccc(C)cc1)C(C)(C)O. The molecule has 0 aromatic heterocycles. The molecule has 0 spiro atoms. The van der Waals surface area contributed by atoms with Crippen LogP contribution in [0.25, 0.3) is 0 Å². The Kier molecular flexibility index (Phi) is 5.67. The van der Waals surface area contributed by atoms with Crippen molar-refractivity contribution in [2.45, 2.75) is 32.4 Å². The van der Waals surface area contributed by atoms with Crippen molar-refractivity contribution in [1.29, 1.82) is 0 Å². The molecule has 7 heteroatoms. The topological polar surface area (TPSA) is 84.9 Å². The van der Waals surface area contributed by atoms with Crippen LogP contribution in [0, 0.1) is 6.92 Å². The van der Waals surface area contributed by atoms with Gasteiger partial charge in [0.25, 0.3) is 11.3 Å². The Morgan fingerprint density at radius 1 is 1.35 bits per heavy atom. The van der Waals surface area contributed by atoms with Gasteiger partial charge in [-0.15, -0.1) is 0 Å². The quantitative estimate of drug-likeness (QED) is 0.761. The smallest absolute Gasteiger partial charge is 0.326 e. The zero-order valence-electron chi connectivity index (χ0n) is 11.9. The van der Waals surface area contributed by atoms with Crippen LogP contribution < -0.4 is 8.91 Å². The average Bonchev–Trinajstić information content (AvgIpc) is 2.36.